The zero-order valence-corrected chi connectivity index (χ0v) is 27.9. The Morgan fingerprint density at radius 2 is 1.65 bits per heavy atom. The number of ether oxygens (including phenoxy) is 2. The third-order valence-corrected chi connectivity index (χ3v) is 13.5. The van der Waals surface area contributed by atoms with Crippen LogP contribution in [0.2, 0.25) is 0 Å². The summed E-state index contributed by atoms with van der Waals surface area (Å²) >= 11 is 0. The van der Waals surface area contributed by atoms with Gasteiger partial charge >= 0.3 is 0 Å². The Bertz CT molecular complexity index is 1070. The zero-order chi connectivity index (χ0) is 31.7. The van der Waals surface area contributed by atoms with Gasteiger partial charge in [0.1, 0.15) is 24.4 Å². The molecule has 3 fully saturated rings. The first-order chi connectivity index (χ1) is 20.0. The van der Waals surface area contributed by atoms with Crippen molar-refractivity contribution in [3.63, 3.8) is 0 Å². The second kappa shape index (κ2) is 11.8. The summed E-state index contributed by atoms with van der Waals surface area (Å²) in [6, 6.07) is 0. The summed E-state index contributed by atoms with van der Waals surface area (Å²) in [6.45, 7) is 18.2. The first-order valence-electron chi connectivity index (χ1n) is 17.1. The van der Waals surface area contributed by atoms with Crippen LogP contribution in [0.4, 0.5) is 0 Å². The number of aliphatic hydroxyl groups is 5. The van der Waals surface area contributed by atoms with Crippen molar-refractivity contribution in [1.29, 1.82) is 0 Å². The van der Waals surface area contributed by atoms with E-state index in [1.54, 1.807) is 0 Å². The van der Waals surface area contributed by atoms with E-state index in [0.29, 0.717) is 17.8 Å². The number of fused-ring (bicyclic) bond motifs is 5. The van der Waals surface area contributed by atoms with Gasteiger partial charge in [-0.15, -0.1) is 0 Å². The highest BCUT2D eigenvalue weighted by Crippen LogP contribution is 2.73. The first kappa shape index (κ1) is 33.6. The van der Waals surface area contributed by atoms with Gasteiger partial charge in [-0.2, -0.15) is 0 Å². The Morgan fingerprint density at radius 1 is 0.953 bits per heavy atom. The van der Waals surface area contributed by atoms with Crippen molar-refractivity contribution in [2.45, 2.75) is 143 Å². The molecule has 1 heterocycles. The van der Waals surface area contributed by atoms with Crippen LogP contribution in [-0.2, 0) is 9.47 Å². The number of hydrogen-bond donors (Lipinski definition) is 5. The van der Waals surface area contributed by atoms with Crippen molar-refractivity contribution < 1.29 is 35.0 Å². The molecule has 7 nitrogen and oxygen atoms in total. The molecule has 0 amide bonds. The van der Waals surface area contributed by atoms with Crippen LogP contribution in [0.1, 0.15) is 100 Å². The normalized spacial score (nSPS) is 49.7. The lowest BCUT2D eigenvalue weighted by Crippen LogP contribution is -2.63. The van der Waals surface area contributed by atoms with Gasteiger partial charge in [-0.1, -0.05) is 98.5 Å². The average Bonchev–Trinajstić information content (AvgIpc) is 3.31. The quantitative estimate of drug-likeness (QED) is 0.248. The van der Waals surface area contributed by atoms with Crippen molar-refractivity contribution >= 4 is 0 Å². The molecule has 5 aliphatic rings. The van der Waals surface area contributed by atoms with Gasteiger partial charge in [0, 0.05) is 10.8 Å². The molecule has 4 aliphatic carbocycles. The molecule has 14 atom stereocenters. The fraction of sp³-hybridized carbons (Fsp3) is 0.889. The second-order valence-electron chi connectivity index (χ2n) is 16.7. The summed E-state index contributed by atoms with van der Waals surface area (Å²) in [4.78, 5) is 0. The van der Waals surface area contributed by atoms with E-state index >= 15 is 0 Å². The number of aliphatic hydroxyl groups excluding tert-OH is 5. The van der Waals surface area contributed by atoms with Crippen LogP contribution < -0.4 is 0 Å². The molecule has 5 rings (SSSR count). The van der Waals surface area contributed by atoms with Gasteiger partial charge in [-0.05, 0) is 66.1 Å². The molecule has 1 saturated heterocycles. The minimum atomic E-state index is -1.47. The van der Waals surface area contributed by atoms with Gasteiger partial charge in [0.2, 0.25) is 0 Å². The standard InChI is InChI=1S/C36H60O7/c1-20(2)10-9-11-21(3)22-12-16-36(8)28(22)23(38)18-26-34(6)15-14-27(33(4,5)25(34)13-17-35(26,36)7)43-32-31(41)30(40)29(39)24(19-37)42-32/h13-15,20-24,26-32,37-41H,9-12,16-19H2,1-8H3/t21-,22-,23+,24-,26-,27?,28-,29-,30+,31-,32+,34+,35-,36+/m1/s1. The molecule has 1 aliphatic heterocycles. The lowest BCUT2D eigenvalue weighted by atomic mass is 9.38. The smallest absolute Gasteiger partial charge is 0.187 e. The third-order valence-electron chi connectivity index (χ3n) is 13.5. The number of allylic oxidation sites excluding steroid dienone is 2. The fourth-order valence-corrected chi connectivity index (χ4v) is 10.8. The molecule has 246 valence electrons. The maximum atomic E-state index is 12.0. The fourth-order valence-electron chi connectivity index (χ4n) is 10.8. The molecule has 5 N–H and O–H groups in total. The topological polar surface area (TPSA) is 120 Å². The summed E-state index contributed by atoms with van der Waals surface area (Å²) in [7, 11) is 0. The molecule has 2 saturated carbocycles. The zero-order valence-electron chi connectivity index (χ0n) is 27.9. The second-order valence-corrected chi connectivity index (χ2v) is 16.7. The number of rotatable bonds is 8. The maximum absolute atomic E-state index is 12.0. The van der Waals surface area contributed by atoms with Crippen molar-refractivity contribution in [2.75, 3.05) is 6.61 Å². The Balaban J connectivity index is 1.40. The van der Waals surface area contributed by atoms with Crippen molar-refractivity contribution in [2.24, 2.45) is 51.2 Å². The predicted molar refractivity (Wildman–Crippen MR) is 167 cm³/mol. The molecule has 0 radical (unpaired) electrons. The van der Waals surface area contributed by atoms with Crippen molar-refractivity contribution in [3.05, 3.63) is 23.8 Å². The van der Waals surface area contributed by atoms with E-state index in [1.807, 2.05) is 0 Å². The first-order valence-corrected chi connectivity index (χ1v) is 17.1. The number of hydrogen-bond acceptors (Lipinski definition) is 7. The SMILES string of the molecule is CC(C)CCC[C@@H](C)[C@H]1CC[C@@]2(C)[C@H]1[C@@H](O)C[C@@H]1[C@@]3(C)C=CC(O[C@@H]4O[C@H](CO)[C@@H](O)[C@H](O)[C@H]4O)C(C)(C)C3=CC[C@]12C. The van der Waals surface area contributed by atoms with Crippen LogP contribution in [0.25, 0.3) is 0 Å². The van der Waals surface area contributed by atoms with Crippen molar-refractivity contribution in [3.8, 4) is 0 Å². The third kappa shape index (κ3) is 5.21. The van der Waals surface area contributed by atoms with Gasteiger partial charge < -0.3 is 35.0 Å². The summed E-state index contributed by atoms with van der Waals surface area (Å²) in [6.07, 6.45) is 7.39. The molecule has 43 heavy (non-hydrogen) atoms. The van der Waals surface area contributed by atoms with Gasteiger partial charge in [0.15, 0.2) is 6.29 Å². The molecule has 0 spiro atoms. The largest absolute Gasteiger partial charge is 0.394 e. The van der Waals surface area contributed by atoms with E-state index in [4.69, 9.17) is 9.47 Å². The highest BCUT2D eigenvalue weighted by Gasteiger charge is 2.68. The van der Waals surface area contributed by atoms with Gasteiger partial charge in [-0.25, -0.2) is 0 Å². The summed E-state index contributed by atoms with van der Waals surface area (Å²) in [5.41, 5.74) is 0.675. The molecule has 0 bridgehead atoms. The minimum absolute atomic E-state index is 0.0485. The Labute approximate surface area is 259 Å². The van der Waals surface area contributed by atoms with Crippen LogP contribution in [0, 0.1) is 51.2 Å². The maximum Gasteiger partial charge on any atom is 0.187 e. The van der Waals surface area contributed by atoms with Gasteiger partial charge in [-0.3, -0.25) is 0 Å². The van der Waals surface area contributed by atoms with Crippen LogP contribution in [0.5, 0.6) is 0 Å². The van der Waals surface area contributed by atoms with Gasteiger partial charge in [0.05, 0.1) is 18.8 Å². The Kier molecular flexibility index (Phi) is 9.19. The van der Waals surface area contributed by atoms with Crippen molar-refractivity contribution in [1.82, 2.24) is 0 Å². The highest BCUT2D eigenvalue weighted by molar-refractivity contribution is 5.40. The van der Waals surface area contributed by atoms with E-state index in [9.17, 15) is 25.5 Å². The van der Waals surface area contributed by atoms with Crippen LogP contribution in [0.15, 0.2) is 23.8 Å². The van der Waals surface area contributed by atoms with E-state index in [1.165, 1.54) is 31.3 Å². The summed E-state index contributed by atoms with van der Waals surface area (Å²) < 4.78 is 12.0. The Hall–Kier alpha value is -0.800. The van der Waals surface area contributed by atoms with Crippen LogP contribution >= 0.6 is 0 Å². The van der Waals surface area contributed by atoms with E-state index in [-0.39, 0.29) is 28.3 Å². The lowest BCUT2D eigenvalue weighted by Gasteiger charge is -2.66. The van der Waals surface area contributed by atoms with E-state index in [2.05, 4.69) is 73.6 Å². The summed E-state index contributed by atoms with van der Waals surface area (Å²) in [5.74, 6) is 2.52. The molecule has 1 unspecified atom stereocenters. The molecular formula is C36H60O7. The van der Waals surface area contributed by atoms with Gasteiger partial charge in [0.25, 0.3) is 0 Å². The molecule has 7 heteroatoms. The average molecular weight is 605 g/mol. The predicted octanol–water partition coefficient (Wildman–Crippen LogP) is 4.99. The lowest BCUT2D eigenvalue weighted by molar-refractivity contribution is -0.313. The van der Waals surface area contributed by atoms with Crippen LogP contribution in [-0.4, -0.2) is 75.1 Å². The minimum Gasteiger partial charge on any atom is -0.394 e. The Morgan fingerprint density at radius 3 is 2.30 bits per heavy atom. The molecular weight excluding hydrogens is 544 g/mol. The summed E-state index contributed by atoms with van der Waals surface area (Å²) in [5, 5.41) is 52.8. The van der Waals surface area contributed by atoms with Crippen LogP contribution in [0.3, 0.4) is 0 Å². The molecule has 0 aromatic heterocycles. The molecule has 0 aromatic rings. The van der Waals surface area contributed by atoms with E-state index < -0.39 is 48.8 Å². The van der Waals surface area contributed by atoms with E-state index in [0.717, 1.165) is 25.2 Å². The molecule has 0 aromatic carbocycles. The monoisotopic (exact) mass is 604 g/mol. The highest BCUT2D eigenvalue weighted by atomic mass is 16.7.